The molecule has 2 rings (SSSR count). The standard InChI is InChI=1S/C11H12BrN3O/c1-2-16-8-5-3-7(4-6-8)10-9(12)11(13)15-14-10/h3-6H,2H2,1H3,(H3,13,14,15). The summed E-state index contributed by atoms with van der Waals surface area (Å²) in [5.41, 5.74) is 7.53. The van der Waals surface area contributed by atoms with Gasteiger partial charge in [0.1, 0.15) is 5.75 Å². The average molecular weight is 282 g/mol. The Morgan fingerprint density at radius 3 is 2.56 bits per heavy atom. The van der Waals surface area contributed by atoms with Crippen LogP contribution in [0.3, 0.4) is 0 Å². The average Bonchev–Trinajstić information content (AvgIpc) is 2.62. The Kier molecular flexibility index (Phi) is 3.14. The lowest BCUT2D eigenvalue weighted by Crippen LogP contribution is -1.90. The molecule has 0 bridgehead atoms. The molecular formula is C11H12BrN3O. The minimum Gasteiger partial charge on any atom is -0.494 e. The van der Waals surface area contributed by atoms with E-state index in [0.717, 1.165) is 21.5 Å². The van der Waals surface area contributed by atoms with Crippen molar-refractivity contribution in [3.8, 4) is 17.0 Å². The monoisotopic (exact) mass is 281 g/mol. The van der Waals surface area contributed by atoms with Crippen molar-refractivity contribution in [2.24, 2.45) is 0 Å². The molecule has 3 N–H and O–H groups in total. The van der Waals surface area contributed by atoms with Gasteiger partial charge in [-0.15, -0.1) is 0 Å². The topological polar surface area (TPSA) is 63.9 Å². The summed E-state index contributed by atoms with van der Waals surface area (Å²) in [7, 11) is 0. The lowest BCUT2D eigenvalue weighted by atomic mass is 10.1. The Labute approximate surface area is 102 Å². The molecular weight excluding hydrogens is 270 g/mol. The molecule has 0 fully saturated rings. The molecule has 0 aliphatic rings. The maximum Gasteiger partial charge on any atom is 0.160 e. The smallest absolute Gasteiger partial charge is 0.160 e. The molecule has 0 amide bonds. The number of hydrogen-bond donors (Lipinski definition) is 2. The van der Waals surface area contributed by atoms with Crippen LogP contribution in [0.15, 0.2) is 28.7 Å². The first kappa shape index (κ1) is 11.0. The van der Waals surface area contributed by atoms with Crippen molar-refractivity contribution < 1.29 is 4.74 Å². The molecule has 0 saturated heterocycles. The molecule has 1 aromatic heterocycles. The SMILES string of the molecule is CCOc1ccc(-c2[nH]nc(N)c2Br)cc1. The van der Waals surface area contributed by atoms with E-state index in [1.165, 1.54) is 0 Å². The third-order valence-electron chi connectivity index (χ3n) is 2.19. The Morgan fingerprint density at radius 2 is 2.06 bits per heavy atom. The molecule has 1 aromatic carbocycles. The summed E-state index contributed by atoms with van der Waals surface area (Å²) in [6.45, 7) is 2.63. The van der Waals surface area contributed by atoms with Gasteiger partial charge in [0.15, 0.2) is 5.82 Å². The summed E-state index contributed by atoms with van der Waals surface area (Å²) >= 11 is 3.39. The minimum absolute atomic E-state index is 0.462. The first-order valence-corrected chi connectivity index (χ1v) is 5.74. The highest BCUT2D eigenvalue weighted by Crippen LogP contribution is 2.30. The van der Waals surface area contributed by atoms with Crippen LogP contribution in [0.5, 0.6) is 5.75 Å². The zero-order valence-electron chi connectivity index (χ0n) is 8.83. The van der Waals surface area contributed by atoms with E-state index in [1.807, 2.05) is 31.2 Å². The Balaban J connectivity index is 2.31. The van der Waals surface area contributed by atoms with Gasteiger partial charge in [0.25, 0.3) is 0 Å². The van der Waals surface area contributed by atoms with Gasteiger partial charge in [-0.1, -0.05) is 0 Å². The van der Waals surface area contributed by atoms with Crippen molar-refractivity contribution in [3.63, 3.8) is 0 Å². The van der Waals surface area contributed by atoms with E-state index in [0.29, 0.717) is 12.4 Å². The van der Waals surface area contributed by atoms with Crippen LogP contribution < -0.4 is 10.5 Å². The highest BCUT2D eigenvalue weighted by Gasteiger charge is 2.09. The lowest BCUT2D eigenvalue weighted by Gasteiger charge is -2.03. The van der Waals surface area contributed by atoms with Crippen LogP contribution in [0.2, 0.25) is 0 Å². The minimum atomic E-state index is 0.462. The van der Waals surface area contributed by atoms with Gasteiger partial charge < -0.3 is 10.5 Å². The third kappa shape index (κ3) is 2.04. The van der Waals surface area contributed by atoms with E-state index >= 15 is 0 Å². The molecule has 4 nitrogen and oxygen atoms in total. The maximum absolute atomic E-state index is 5.64. The van der Waals surface area contributed by atoms with Gasteiger partial charge in [-0.2, -0.15) is 5.10 Å². The second-order valence-corrected chi connectivity index (χ2v) is 4.05. The highest BCUT2D eigenvalue weighted by molar-refractivity contribution is 9.10. The second-order valence-electron chi connectivity index (χ2n) is 3.26. The van der Waals surface area contributed by atoms with Gasteiger partial charge in [-0.25, -0.2) is 0 Å². The number of ether oxygens (including phenoxy) is 1. The molecule has 1 heterocycles. The molecule has 0 spiro atoms. The molecule has 84 valence electrons. The third-order valence-corrected chi connectivity index (χ3v) is 2.99. The summed E-state index contributed by atoms with van der Waals surface area (Å²) in [6.07, 6.45) is 0. The van der Waals surface area contributed by atoms with Gasteiger partial charge in [0, 0.05) is 5.56 Å². The second kappa shape index (κ2) is 4.57. The van der Waals surface area contributed by atoms with E-state index in [-0.39, 0.29) is 0 Å². The van der Waals surface area contributed by atoms with Crippen molar-refractivity contribution in [2.75, 3.05) is 12.3 Å². The Morgan fingerprint density at radius 1 is 1.38 bits per heavy atom. The number of nitrogen functional groups attached to an aromatic ring is 1. The maximum atomic E-state index is 5.64. The fraction of sp³-hybridized carbons (Fsp3) is 0.182. The Hall–Kier alpha value is -1.49. The number of benzene rings is 1. The van der Waals surface area contributed by atoms with Crippen LogP contribution in [0.1, 0.15) is 6.92 Å². The van der Waals surface area contributed by atoms with Crippen molar-refractivity contribution in [1.29, 1.82) is 0 Å². The van der Waals surface area contributed by atoms with Crippen LogP contribution in [0.4, 0.5) is 5.82 Å². The predicted molar refractivity (Wildman–Crippen MR) is 67.3 cm³/mol. The van der Waals surface area contributed by atoms with Crippen LogP contribution in [-0.2, 0) is 0 Å². The number of nitrogens with zero attached hydrogens (tertiary/aromatic N) is 1. The van der Waals surface area contributed by atoms with Gasteiger partial charge in [-0.3, -0.25) is 5.10 Å². The summed E-state index contributed by atoms with van der Waals surface area (Å²) in [6, 6.07) is 7.76. The number of nitrogens with two attached hydrogens (primary N) is 1. The molecule has 16 heavy (non-hydrogen) atoms. The number of rotatable bonds is 3. The molecule has 0 atom stereocenters. The fourth-order valence-corrected chi connectivity index (χ4v) is 1.82. The molecule has 2 aromatic rings. The van der Waals surface area contributed by atoms with Gasteiger partial charge >= 0.3 is 0 Å². The largest absolute Gasteiger partial charge is 0.494 e. The number of aromatic nitrogens is 2. The molecule has 5 heteroatoms. The number of halogens is 1. The van der Waals surface area contributed by atoms with Crippen molar-refractivity contribution in [2.45, 2.75) is 6.92 Å². The summed E-state index contributed by atoms with van der Waals surface area (Å²) in [5, 5.41) is 6.80. The van der Waals surface area contributed by atoms with Crippen LogP contribution in [0.25, 0.3) is 11.3 Å². The van der Waals surface area contributed by atoms with Gasteiger partial charge in [0.2, 0.25) is 0 Å². The van der Waals surface area contributed by atoms with E-state index in [2.05, 4.69) is 26.1 Å². The first-order valence-electron chi connectivity index (χ1n) is 4.95. The number of hydrogen-bond acceptors (Lipinski definition) is 3. The van der Waals surface area contributed by atoms with E-state index in [9.17, 15) is 0 Å². The van der Waals surface area contributed by atoms with Crippen LogP contribution in [-0.4, -0.2) is 16.8 Å². The number of H-pyrrole nitrogens is 1. The van der Waals surface area contributed by atoms with Crippen LogP contribution in [0, 0.1) is 0 Å². The van der Waals surface area contributed by atoms with E-state index in [1.54, 1.807) is 0 Å². The number of nitrogens with one attached hydrogen (secondary N) is 1. The lowest BCUT2D eigenvalue weighted by molar-refractivity contribution is 0.340. The number of aromatic amines is 1. The van der Waals surface area contributed by atoms with Crippen LogP contribution >= 0.6 is 15.9 Å². The van der Waals surface area contributed by atoms with E-state index in [4.69, 9.17) is 10.5 Å². The Bertz CT molecular complexity index is 478. The quantitative estimate of drug-likeness (QED) is 0.909. The first-order chi connectivity index (χ1) is 7.72. The molecule has 0 unspecified atom stereocenters. The molecule has 0 aliphatic carbocycles. The zero-order valence-corrected chi connectivity index (χ0v) is 10.4. The van der Waals surface area contributed by atoms with Crippen molar-refractivity contribution >= 4 is 21.7 Å². The summed E-state index contributed by atoms with van der Waals surface area (Å²) < 4.78 is 6.16. The molecule has 0 aliphatic heterocycles. The predicted octanol–water partition coefficient (Wildman–Crippen LogP) is 2.82. The summed E-state index contributed by atoms with van der Waals surface area (Å²) in [4.78, 5) is 0. The van der Waals surface area contributed by atoms with Gasteiger partial charge in [-0.05, 0) is 47.1 Å². The normalized spacial score (nSPS) is 10.4. The number of anilines is 1. The highest BCUT2D eigenvalue weighted by atomic mass is 79.9. The fourth-order valence-electron chi connectivity index (χ4n) is 1.42. The van der Waals surface area contributed by atoms with E-state index < -0.39 is 0 Å². The van der Waals surface area contributed by atoms with Gasteiger partial charge in [0.05, 0.1) is 16.8 Å². The molecule has 0 saturated carbocycles. The van der Waals surface area contributed by atoms with Crippen molar-refractivity contribution in [1.82, 2.24) is 10.2 Å². The zero-order chi connectivity index (χ0) is 11.5. The van der Waals surface area contributed by atoms with Crippen molar-refractivity contribution in [3.05, 3.63) is 28.7 Å². The molecule has 0 radical (unpaired) electrons. The summed E-state index contributed by atoms with van der Waals surface area (Å²) in [5.74, 6) is 1.32.